The van der Waals surface area contributed by atoms with E-state index in [2.05, 4.69) is 5.32 Å². The highest BCUT2D eigenvalue weighted by Crippen LogP contribution is 2.27. The highest BCUT2D eigenvalue weighted by atomic mass is 32.2. The first-order valence-corrected chi connectivity index (χ1v) is 11.1. The summed E-state index contributed by atoms with van der Waals surface area (Å²) in [6.07, 6.45) is 8.75. The molecule has 0 aromatic carbocycles. The fourth-order valence-corrected chi connectivity index (χ4v) is 5.81. The number of piperidine rings is 1. The normalized spacial score (nSPS) is 25.3. The number of carbonyl (C=O) groups is 1. The Morgan fingerprint density at radius 2 is 1.83 bits per heavy atom. The number of hydrogen-bond donors (Lipinski definition) is 2. The van der Waals surface area contributed by atoms with Crippen LogP contribution in [0.4, 0.5) is 0 Å². The van der Waals surface area contributed by atoms with Crippen LogP contribution in [0.3, 0.4) is 0 Å². The molecule has 2 fully saturated rings. The molecule has 6 nitrogen and oxygen atoms in total. The zero-order chi connectivity index (χ0) is 17.6. The molecule has 2 unspecified atom stereocenters. The van der Waals surface area contributed by atoms with E-state index in [-0.39, 0.29) is 17.7 Å². The van der Waals surface area contributed by atoms with Gasteiger partial charge in [-0.05, 0) is 38.0 Å². The van der Waals surface area contributed by atoms with Crippen molar-refractivity contribution in [3.05, 3.63) is 0 Å². The largest absolute Gasteiger partial charge is 0.350 e. The van der Waals surface area contributed by atoms with Crippen LogP contribution in [-0.4, -0.2) is 49.6 Å². The van der Waals surface area contributed by atoms with Crippen molar-refractivity contribution in [1.82, 2.24) is 9.62 Å². The molecule has 0 radical (unpaired) electrons. The molecular formula is C17H33N3O3S. The second-order valence-corrected chi connectivity index (χ2v) is 9.23. The van der Waals surface area contributed by atoms with Gasteiger partial charge in [-0.2, -0.15) is 4.31 Å². The van der Waals surface area contributed by atoms with Gasteiger partial charge in [0.1, 0.15) is 6.04 Å². The van der Waals surface area contributed by atoms with E-state index in [9.17, 15) is 13.2 Å². The number of nitrogens with zero attached hydrogens (tertiary/aromatic N) is 1. The third-order valence-electron chi connectivity index (χ3n) is 5.38. The Kier molecular flexibility index (Phi) is 7.50. The van der Waals surface area contributed by atoms with Crippen LogP contribution in [0.2, 0.25) is 0 Å². The standard InChI is InChI=1S/C17H33N3O3S/c1-2-12-24(22,23)20-11-7-6-10-16(20)17(21)19-15(13-18)14-8-4-3-5-9-14/h14-16H,2-13,18H2,1H3,(H,19,21). The molecule has 3 N–H and O–H groups in total. The Labute approximate surface area is 146 Å². The quantitative estimate of drug-likeness (QED) is 0.722. The first kappa shape index (κ1) is 19.7. The number of rotatable bonds is 7. The minimum Gasteiger partial charge on any atom is -0.350 e. The van der Waals surface area contributed by atoms with Crippen molar-refractivity contribution in [2.24, 2.45) is 11.7 Å². The molecule has 1 saturated heterocycles. The van der Waals surface area contributed by atoms with Gasteiger partial charge >= 0.3 is 0 Å². The van der Waals surface area contributed by atoms with Crippen LogP contribution in [0.5, 0.6) is 0 Å². The molecule has 0 spiro atoms. The number of hydrogen-bond acceptors (Lipinski definition) is 4. The zero-order valence-corrected chi connectivity index (χ0v) is 15.7. The monoisotopic (exact) mass is 359 g/mol. The summed E-state index contributed by atoms with van der Waals surface area (Å²) in [5.74, 6) is 0.382. The lowest BCUT2D eigenvalue weighted by molar-refractivity contribution is -0.126. The van der Waals surface area contributed by atoms with Gasteiger partial charge in [0.15, 0.2) is 0 Å². The molecule has 24 heavy (non-hydrogen) atoms. The maximum atomic E-state index is 12.8. The van der Waals surface area contributed by atoms with E-state index in [0.717, 1.165) is 25.7 Å². The van der Waals surface area contributed by atoms with E-state index in [1.54, 1.807) is 0 Å². The number of amides is 1. The minimum atomic E-state index is -3.35. The predicted molar refractivity (Wildman–Crippen MR) is 96.0 cm³/mol. The van der Waals surface area contributed by atoms with Crippen LogP contribution >= 0.6 is 0 Å². The summed E-state index contributed by atoms with van der Waals surface area (Å²) in [5, 5.41) is 3.08. The summed E-state index contributed by atoms with van der Waals surface area (Å²) in [6.45, 7) is 2.73. The van der Waals surface area contributed by atoms with Crippen molar-refractivity contribution in [2.75, 3.05) is 18.8 Å². The van der Waals surface area contributed by atoms with Crippen LogP contribution in [0, 0.1) is 5.92 Å². The molecule has 7 heteroatoms. The summed E-state index contributed by atoms with van der Waals surface area (Å²) in [7, 11) is -3.35. The van der Waals surface area contributed by atoms with E-state index in [0.29, 0.717) is 31.8 Å². The van der Waals surface area contributed by atoms with E-state index in [4.69, 9.17) is 5.73 Å². The summed E-state index contributed by atoms with van der Waals surface area (Å²) < 4.78 is 26.4. The lowest BCUT2D eigenvalue weighted by Crippen LogP contribution is -2.56. The van der Waals surface area contributed by atoms with Gasteiger partial charge in [0.2, 0.25) is 15.9 Å². The molecule has 0 aromatic rings. The van der Waals surface area contributed by atoms with Crippen molar-refractivity contribution in [1.29, 1.82) is 0 Å². The van der Waals surface area contributed by atoms with Crippen molar-refractivity contribution in [3.63, 3.8) is 0 Å². The van der Waals surface area contributed by atoms with Gasteiger partial charge in [-0.15, -0.1) is 0 Å². The van der Waals surface area contributed by atoms with Crippen LogP contribution in [0.1, 0.15) is 64.7 Å². The molecule has 1 aliphatic heterocycles. The Bertz CT molecular complexity index is 503. The summed E-state index contributed by atoms with van der Waals surface area (Å²) in [4.78, 5) is 12.8. The molecule has 1 heterocycles. The molecule has 2 rings (SSSR count). The molecule has 1 saturated carbocycles. The van der Waals surface area contributed by atoms with Crippen LogP contribution < -0.4 is 11.1 Å². The van der Waals surface area contributed by atoms with E-state index >= 15 is 0 Å². The van der Waals surface area contributed by atoms with E-state index in [1.165, 1.54) is 23.6 Å². The first-order chi connectivity index (χ1) is 11.5. The topological polar surface area (TPSA) is 92.5 Å². The maximum absolute atomic E-state index is 12.8. The predicted octanol–water partition coefficient (Wildman–Crippen LogP) is 1.60. The molecule has 1 amide bonds. The van der Waals surface area contributed by atoms with Gasteiger partial charge in [-0.1, -0.05) is 32.6 Å². The van der Waals surface area contributed by atoms with Crippen molar-refractivity contribution in [2.45, 2.75) is 76.8 Å². The van der Waals surface area contributed by atoms with Crippen LogP contribution in [0.15, 0.2) is 0 Å². The lowest BCUT2D eigenvalue weighted by atomic mass is 9.83. The van der Waals surface area contributed by atoms with Crippen LogP contribution in [0.25, 0.3) is 0 Å². The molecule has 2 atom stereocenters. The van der Waals surface area contributed by atoms with Gasteiger partial charge < -0.3 is 11.1 Å². The molecule has 1 aliphatic carbocycles. The first-order valence-electron chi connectivity index (χ1n) is 9.49. The molecule has 2 aliphatic rings. The van der Waals surface area contributed by atoms with Crippen molar-refractivity contribution < 1.29 is 13.2 Å². The summed E-state index contributed by atoms with van der Waals surface area (Å²) in [5.41, 5.74) is 5.90. The lowest BCUT2D eigenvalue weighted by Gasteiger charge is -2.36. The summed E-state index contributed by atoms with van der Waals surface area (Å²) >= 11 is 0. The smallest absolute Gasteiger partial charge is 0.238 e. The number of nitrogens with two attached hydrogens (primary N) is 1. The SMILES string of the molecule is CCCS(=O)(=O)N1CCCCC1C(=O)NC(CN)C1CCCCC1. The Hall–Kier alpha value is -0.660. The molecule has 0 bridgehead atoms. The number of carbonyl (C=O) groups excluding carboxylic acids is 1. The third kappa shape index (κ3) is 4.92. The highest BCUT2D eigenvalue weighted by Gasteiger charge is 2.37. The Morgan fingerprint density at radius 1 is 1.17 bits per heavy atom. The van der Waals surface area contributed by atoms with Gasteiger partial charge in [-0.25, -0.2) is 8.42 Å². The minimum absolute atomic E-state index is 0.0320. The Balaban J connectivity index is 2.04. The maximum Gasteiger partial charge on any atom is 0.238 e. The van der Waals surface area contributed by atoms with Crippen molar-refractivity contribution in [3.8, 4) is 0 Å². The van der Waals surface area contributed by atoms with E-state index < -0.39 is 16.1 Å². The molecule has 0 aromatic heterocycles. The fraction of sp³-hybridized carbons (Fsp3) is 0.941. The van der Waals surface area contributed by atoms with Gasteiger partial charge in [0.05, 0.1) is 5.75 Å². The van der Waals surface area contributed by atoms with Crippen molar-refractivity contribution >= 4 is 15.9 Å². The highest BCUT2D eigenvalue weighted by molar-refractivity contribution is 7.89. The second kappa shape index (κ2) is 9.15. The number of nitrogens with one attached hydrogen (secondary N) is 1. The third-order valence-corrected chi connectivity index (χ3v) is 7.45. The van der Waals surface area contributed by atoms with E-state index in [1.807, 2.05) is 6.92 Å². The summed E-state index contributed by atoms with van der Waals surface area (Å²) in [6, 6.07) is -0.594. The second-order valence-electron chi connectivity index (χ2n) is 7.19. The molecule has 140 valence electrons. The van der Waals surface area contributed by atoms with Crippen LogP contribution in [-0.2, 0) is 14.8 Å². The van der Waals surface area contributed by atoms with Gasteiger partial charge in [0, 0.05) is 19.1 Å². The molecular weight excluding hydrogens is 326 g/mol. The average Bonchev–Trinajstić information content (AvgIpc) is 2.60. The van der Waals surface area contributed by atoms with Gasteiger partial charge in [0.25, 0.3) is 0 Å². The van der Waals surface area contributed by atoms with Gasteiger partial charge in [-0.3, -0.25) is 4.79 Å². The fourth-order valence-electron chi connectivity index (χ4n) is 4.06. The average molecular weight is 360 g/mol. The number of sulfonamides is 1. The zero-order valence-electron chi connectivity index (χ0n) is 14.9. The Morgan fingerprint density at radius 3 is 2.46 bits per heavy atom.